The molecule has 2 rings (SSSR count). The van der Waals surface area contributed by atoms with E-state index in [2.05, 4.69) is 44.3 Å². The average Bonchev–Trinajstić information content (AvgIpc) is 2.59. The van der Waals surface area contributed by atoms with Crippen LogP contribution in [0, 0.1) is 0 Å². The molecule has 1 aliphatic carbocycles. The topological polar surface area (TPSA) is 21.3 Å². The van der Waals surface area contributed by atoms with Crippen molar-refractivity contribution >= 4 is 0 Å². The molecule has 1 aliphatic rings. The van der Waals surface area contributed by atoms with E-state index in [1.807, 2.05) is 6.92 Å². The minimum absolute atomic E-state index is 0.269. The molecule has 0 heterocycles. The van der Waals surface area contributed by atoms with E-state index < -0.39 is 0 Å². The lowest BCUT2D eigenvalue weighted by atomic mass is 9.86. The summed E-state index contributed by atoms with van der Waals surface area (Å²) in [4.78, 5) is 0. The Labute approximate surface area is 111 Å². The van der Waals surface area contributed by atoms with Crippen molar-refractivity contribution in [1.82, 2.24) is 5.32 Å². The average molecular weight is 247 g/mol. The number of ether oxygens (including phenoxy) is 1. The first kappa shape index (κ1) is 13.4. The number of hydrogen-bond donors (Lipinski definition) is 1. The quantitative estimate of drug-likeness (QED) is 0.854. The molecule has 0 aromatic heterocycles. The Kier molecular flexibility index (Phi) is 3.96. The van der Waals surface area contributed by atoms with Gasteiger partial charge in [-0.25, -0.2) is 0 Å². The molecule has 0 saturated carbocycles. The summed E-state index contributed by atoms with van der Waals surface area (Å²) in [5.41, 5.74) is 3.17. The summed E-state index contributed by atoms with van der Waals surface area (Å²) in [5.74, 6) is 0.997. The number of hydrogen-bond acceptors (Lipinski definition) is 2. The van der Waals surface area contributed by atoms with Crippen LogP contribution in [0.2, 0.25) is 0 Å². The van der Waals surface area contributed by atoms with Crippen LogP contribution in [0.4, 0.5) is 0 Å². The van der Waals surface area contributed by atoms with Crippen LogP contribution in [-0.4, -0.2) is 13.2 Å². The molecule has 2 nitrogen and oxygen atoms in total. The number of benzene rings is 1. The van der Waals surface area contributed by atoms with Gasteiger partial charge in [-0.1, -0.05) is 26.8 Å². The van der Waals surface area contributed by atoms with Crippen LogP contribution in [0.1, 0.15) is 57.7 Å². The molecule has 18 heavy (non-hydrogen) atoms. The molecule has 2 heteroatoms. The molecule has 0 fully saturated rings. The normalized spacial score (nSPS) is 20.8. The van der Waals surface area contributed by atoms with Crippen molar-refractivity contribution in [3.05, 3.63) is 29.3 Å². The predicted octanol–water partition coefficient (Wildman–Crippen LogP) is 3.81. The SMILES string of the molecule is CCCNC1CC(C)(C)c2ccc(OCC)cc21. The molecule has 0 radical (unpaired) electrons. The van der Waals surface area contributed by atoms with Gasteiger partial charge in [-0.05, 0) is 55.0 Å². The third kappa shape index (κ3) is 2.54. The standard InChI is InChI=1S/C16H25NO/c1-5-9-17-15-11-16(3,4)14-8-7-12(18-6-2)10-13(14)15/h7-8,10,15,17H,5-6,9,11H2,1-4H3. The van der Waals surface area contributed by atoms with E-state index >= 15 is 0 Å². The maximum atomic E-state index is 5.62. The van der Waals surface area contributed by atoms with Crippen molar-refractivity contribution < 1.29 is 4.74 Å². The molecule has 1 aromatic carbocycles. The number of nitrogens with one attached hydrogen (secondary N) is 1. The Balaban J connectivity index is 2.29. The third-order valence-corrected chi connectivity index (χ3v) is 3.79. The van der Waals surface area contributed by atoms with Gasteiger partial charge in [0.15, 0.2) is 0 Å². The summed E-state index contributed by atoms with van der Waals surface area (Å²) in [7, 11) is 0. The molecule has 0 saturated heterocycles. The molecule has 1 N–H and O–H groups in total. The Morgan fingerprint density at radius 2 is 2.11 bits per heavy atom. The second kappa shape index (κ2) is 5.31. The molecule has 1 atom stereocenters. The Hall–Kier alpha value is -1.02. The van der Waals surface area contributed by atoms with E-state index in [1.54, 1.807) is 0 Å². The van der Waals surface area contributed by atoms with Gasteiger partial charge in [0.1, 0.15) is 5.75 Å². The molecular formula is C16H25NO. The van der Waals surface area contributed by atoms with Crippen LogP contribution >= 0.6 is 0 Å². The van der Waals surface area contributed by atoms with Gasteiger partial charge in [-0.3, -0.25) is 0 Å². The van der Waals surface area contributed by atoms with E-state index in [-0.39, 0.29) is 5.41 Å². The summed E-state index contributed by atoms with van der Waals surface area (Å²) in [6.45, 7) is 10.7. The van der Waals surface area contributed by atoms with E-state index in [9.17, 15) is 0 Å². The zero-order valence-corrected chi connectivity index (χ0v) is 12.0. The molecule has 0 amide bonds. The minimum Gasteiger partial charge on any atom is -0.494 e. The van der Waals surface area contributed by atoms with Crippen molar-refractivity contribution in [2.45, 2.75) is 52.0 Å². The van der Waals surface area contributed by atoms with Crippen molar-refractivity contribution in [1.29, 1.82) is 0 Å². The van der Waals surface area contributed by atoms with Crippen LogP contribution in [0.5, 0.6) is 5.75 Å². The van der Waals surface area contributed by atoms with Crippen LogP contribution in [0.3, 0.4) is 0 Å². The lowest BCUT2D eigenvalue weighted by molar-refractivity contribution is 0.339. The molecule has 0 aliphatic heterocycles. The summed E-state index contributed by atoms with van der Waals surface area (Å²) in [5, 5.41) is 3.66. The fourth-order valence-corrected chi connectivity index (χ4v) is 2.93. The molecule has 0 bridgehead atoms. The van der Waals surface area contributed by atoms with Gasteiger partial charge in [-0.15, -0.1) is 0 Å². The van der Waals surface area contributed by atoms with Crippen molar-refractivity contribution in [3.63, 3.8) is 0 Å². The van der Waals surface area contributed by atoms with Crippen LogP contribution < -0.4 is 10.1 Å². The minimum atomic E-state index is 0.269. The highest BCUT2D eigenvalue weighted by Crippen LogP contribution is 2.45. The monoisotopic (exact) mass is 247 g/mol. The Morgan fingerprint density at radius 1 is 1.33 bits per heavy atom. The van der Waals surface area contributed by atoms with Crippen LogP contribution in [-0.2, 0) is 5.41 Å². The van der Waals surface area contributed by atoms with E-state index in [4.69, 9.17) is 4.74 Å². The van der Waals surface area contributed by atoms with E-state index in [0.717, 1.165) is 18.9 Å². The molecular weight excluding hydrogens is 222 g/mol. The molecule has 1 aromatic rings. The zero-order chi connectivity index (χ0) is 13.2. The maximum Gasteiger partial charge on any atom is 0.119 e. The third-order valence-electron chi connectivity index (χ3n) is 3.79. The van der Waals surface area contributed by atoms with Gasteiger partial charge in [0.25, 0.3) is 0 Å². The number of rotatable bonds is 5. The van der Waals surface area contributed by atoms with Gasteiger partial charge in [0.05, 0.1) is 6.61 Å². The van der Waals surface area contributed by atoms with Gasteiger partial charge < -0.3 is 10.1 Å². The van der Waals surface area contributed by atoms with Gasteiger partial charge >= 0.3 is 0 Å². The number of fused-ring (bicyclic) bond motifs is 1. The molecule has 0 spiro atoms. The lowest BCUT2D eigenvalue weighted by Crippen LogP contribution is -2.22. The van der Waals surface area contributed by atoms with Gasteiger partial charge in [0, 0.05) is 6.04 Å². The zero-order valence-electron chi connectivity index (χ0n) is 12.0. The highest BCUT2D eigenvalue weighted by Gasteiger charge is 2.36. The Morgan fingerprint density at radius 3 is 2.78 bits per heavy atom. The van der Waals surface area contributed by atoms with Crippen LogP contribution in [0.15, 0.2) is 18.2 Å². The molecule has 1 unspecified atom stereocenters. The first-order chi connectivity index (χ1) is 8.58. The summed E-state index contributed by atoms with van der Waals surface area (Å²) in [6.07, 6.45) is 2.36. The maximum absolute atomic E-state index is 5.62. The van der Waals surface area contributed by atoms with Crippen molar-refractivity contribution in [3.8, 4) is 5.75 Å². The van der Waals surface area contributed by atoms with Gasteiger partial charge in [-0.2, -0.15) is 0 Å². The van der Waals surface area contributed by atoms with Crippen molar-refractivity contribution in [2.75, 3.05) is 13.2 Å². The van der Waals surface area contributed by atoms with E-state index in [0.29, 0.717) is 6.04 Å². The predicted molar refractivity (Wildman–Crippen MR) is 76.3 cm³/mol. The highest BCUT2D eigenvalue weighted by atomic mass is 16.5. The summed E-state index contributed by atoms with van der Waals surface area (Å²) < 4.78 is 5.62. The lowest BCUT2D eigenvalue weighted by Gasteiger charge is -2.19. The second-order valence-electron chi connectivity index (χ2n) is 5.78. The summed E-state index contributed by atoms with van der Waals surface area (Å²) >= 11 is 0. The highest BCUT2D eigenvalue weighted by molar-refractivity contribution is 5.45. The smallest absolute Gasteiger partial charge is 0.119 e. The summed E-state index contributed by atoms with van der Waals surface area (Å²) in [6, 6.07) is 7.05. The fourth-order valence-electron chi connectivity index (χ4n) is 2.93. The first-order valence-electron chi connectivity index (χ1n) is 7.09. The first-order valence-corrected chi connectivity index (χ1v) is 7.09. The fraction of sp³-hybridized carbons (Fsp3) is 0.625. The Bertz CT molecular complexity index is 412. The van der Waals surface area contributed by atoms with Crippen molar-refractivity contribution in [2.24, 2.45) is 0 Å². The molecule has 100 valence electrons. The van der Waals surface area contributed by atoms with Crippen LogP contribution in [0.25, 0.3) is 0 Å². The van der Waals surface area contributed by atoms with Gasteiger partial charge in [0.2, 0.25) is 0 Å². The second-order valence-corrected chi connectivity index (χ2v) is 5.78. The van der Waals surface area contributed by atoms with E-state index in [1.165, 1.54) is 24.0 Å². The largest absolute Gasteiger partial charge is 0.494 e.